The predicted molar refractivity (Wildman–Crippen MR) is 113 cm³/mol. The van der Waals surface area contributed by atoms with Gasteiger partial charge in [0.1, 0.15) is 5.69 Å². The number of nitrogens with one attached hydrogen (secondary N) is 1. The molecule has 0 aromatic carbocycles. The van der Waals surface area contributed by atoms with Crippen LogP contribution in [-0.4, -0.2) is 54.1 Å². The van der Waals surface area contributed by atoms with E-state index in [0.717, 1.165) is 75.7 Å². The van der Waals surface area contributed by atoms with Gasteiger partial charge in [-0.1, -0.05) is 6.07 Å². The molecule has 3 aliphatic heterocycles. The van der Waals surface area contributed by atoms with Crippen LogP contribution in [0.15, 0.2) is 42.9 Å². The fraction of sp³-hybridized carbons (Fsp3) is 0.565. The van der Waals surface area contributed by atoms with Crippen LogP contribution >= 0.6 is 0 Å². The van der Waals surface area contributed by atoms with Gasteiger partial charge in [-0.3, -0.25) is 9.88 Å². The van der Waals surface area contributed by atoms with Crippen molar-refractivity contribution in [3.8, 4) is 0 Å². The van der Waals surface area contributed by atoms with Crippen molar-refractivity contribution in [2.75, 3.05) is 44.2 Å². The fourth-order valence-electron chi connectivity index (χ4n) is 5.67. The summed E-state index contributed by atoms with van der Waals surface area (Å²) >= 11 is 0. The Kier molecular flexibility index (Phi) is 5.60. The van der Waals surface area contributed by atoms with Gasteiger partial charge in [-0.25, -0.2) is 4.98 Å². The summed E-state index contributed by atoms with van der Waals surface area (Å²) in [5.74, 6) is 1.98. The Morgan fingerprint density at radius 2 is 1.74 bits per heavy atom. The lowest BCUT2D eigenvalue weighted by atomic mass is 9.84. The van der Waals surface area contributed by atoms with Crippen LogP contribution in [0.1, 0.15) is 30.1 Å². The van der Waals surface area contributed by atoms with Gasteiger partial charge in [-0.2, -0.15) is 13.2 Å². The lowest BCUT2D eigenvalue weighted by molar-refractivity contribution is -0.141. The zero-order valence-corrected chi connectivity index (χ0v) is 17.4. The Morgan fingerprint density at radius 1 is 1.00 bits per heavy atom. The topological polar surface area (TPSA) is 44.3 Å². The number of anilines is 1. The highest BCUT2D eigenvalue weighted by molar-refractivity contribution is 5.45. The third kappa shape index (κ3) is 4.28. The van der Waals surface area contributed by atoms with E-state index in [4.69, 9.17) is 0 Å². The molecule has 0 radical (unpaired) electrons. The van der Waals surface area contributed by atoms with Gasteiger partial charge >= 0.3 is 6.18 Å². The second kappa shape index (κ2) is 8.39. The number of pyridine rings is 2. The molecular formula is C23H28F3N5. The van der Waals surface area contributed by atoms with Crippen molar-refractivity contribution in [2.24, 2.45) is 17.8 Å². The molecule has 3 unspecified atom stereocenters. The molecule has 2 aromatic rings. The number of hydrogen-bond donors (Lipinski definition) is 1. The number of likely N-dealkylation sites (tertiary alicyclic amines) is 1. The summed E-state index contributed by atoms with van der Waals surface area (Å²) in [5, 5.41) is 3.52. The van der Waals surface area contributed by atoms with Crippen LogP contribution in [0.5, 0.6) is 0 Å². The summed E-state index contributed by atoms with van der Waals surface area (Å²) in [5.41, 5.74) is 1.22. The zero-order chi connectivity index (χ0) is 21.4. The average molecular weight is 432 g/mol. The van der Waals surface area contributed by atoms with Gasteiger partial charge in [0.2, 0.25) is 0 Å². The zero-order valence-electron chi connectivity index (χ0n) is 17.4. The van der Waals surface area contributed by atoms with Crippen LogP contribution < -0.4 is 10.2 Å². The number of fused-ring (bicyclic) bond motifs is 1. The lowest BCUT2D eigenvalue weighted by Gasteiger charge is -2.41. The third-order valence-electron chi connectivity index (χ3n) is 7.23. The first-order chi connectivity index (χ1) is 15.0. The first-order valence-electron chi connectivity index (χ1n) is 11.1. The number of hydrogen-bond acceptors (Lipinski definition) is 5. The maximum Gasteiger partial charge on any atom is 0.433 e. The summed E-state index contributed by atoms with van der Waals surface area (Å²) in [4.78, 5) is 12.8. The molecule has 2 aromatic heterocycles. The summed E-state index contributed by atoms with van der Waals surface area (Å²) < 4.78 is 38.4. The highest BCUT2D eigenvalue weighted by atomic mass is 19.4. The fourth-order valence-corrected chi connectivity index (χ4v) is 5.67. The standard InChI is InChI=1S/C23H28F3N5/c24-23(25,26)21-4-3-20(13-29-21)30-8-5-16(6-9-30)22(17-2-1-7-27-10-17)31-14-18-11-28-12-19(18)15-31/h1-4,7,10,13,16,18-19,22,28H,5-6,8-9,11-12,14-15H2. The molecule has 3 aliphatic rings. The van der Waals surface area contributed by atoms with E-state index in [1.165, 1.54) is 11.8 Å². The molecule has 5 rings (SSSR count). The van der Waals surface area contributed by atoms with E-state index >= 15 is 0 Å². The smallest absolute Gasteiger partial charge is 0.370 e. The van der Waals surface area contributed by atoms with Crippen LogP contribution in [0.4, 0.5) is 18.9 Å². The van der Waals surface area contributed by atoms with Crippen molar-refractivity contribution in [3.05, 3.63) is 54.1 Å². The van der Waals surface area contributed by atoms with Crippen LogP contribution in [0.2, 0.25) is 0 Å². The molecule has 0 bridgehead atoms. The van der Waals surface area contributed by atoms with E-state index in [9.17, 15) is 13.2 Å². The normalized spacial score (nSPS) is 26.2. The van der Waals surface area contributed by atoms with Crippen molar-refractivity contribution >= 4 is 5.69 Å². The van der Waals surface area contributed by atoms with E-state index < -0.39 is 11.9 Å². The van der Waals surface area contributed by atoms with Gasteiger partial charge in [0.25, 0.3) is 0 Å². The van der Waals surface area contributed by atoms with Gasteiger partial charge < -0.3 is 10.2 Å². The minimum absolute atomic E-state index is 0.354. The number of piperidine rings is 1. The molecule has 5 nitrogen and oxygen atoms in total. The van der Waals surface area contributed by atoms with Crippen molar-refractivity contribution in [2.45, 2.75) is 25.1 Å². The molecular weight excluding hydrogens is 403 g/mol. The molecule has 8 heteroatoms. The van der Waals surface area contributed by atoms with E-state index in [1.54, 1.807) is 6.07 Å². The molecule has 0 amide bonds. The molecule has 166 valence electrons. The number of halogens is 3. The first kappa shape index (κ1) is 20.7. The van der Waals surface area contributed by atoms with E-state index in [0.29, 0.717) is 12.0 Å². The van der Waals surface area contributed by atoms with Crippen LogP contribution in [0, 0.1) is 17.8 Å². The van der Waals surface area contributed by atoms with Crippen LogP contribution in [0.3, 0.4) is 0 Å². The molecule has 31 heavy (non-hydrogen) atoms. The van der Waals surface area contributed by atoms with Gasteiger partial charge in [-0.15, -0.1) is 0 Å². The highest BCUT2D eigenvalue weighted by Crippen LogP contribution is 2.41. The summed E-state index contributed by atoms with van der Waals surface area (Å²) in [7, 11) is 0. The molecule has 3 saturated heterocycles. The monoisotopic (exact) mass is 431 g/mol. The van der Waals surface area contributed by atoms with Gasteiger partial charge in [-0.05, 0) is 67.4 Å². The number of rotatable bonds is 4. The number of nitrogens with zero attached hydrogens (tertiary/aromatic N) is 4. The van der Waals surface area contributed by atoms with Gasteiger partial charge in [0.15, 0.2) is 0 Å². The number of alkyl halides is 3. The minimum Gasteiger partial charge on any atom is -0.370 e. The Hall–Kier alpha value is -2.19. The summed E-state index contributed by atoms with van der Waals surface area (Å²) in [6, 6.07) is 7.19. The maximum atomic E-state index is 12.8. The molecule has 1 N–H and O–H groups in total. The molecule has 5 heterocycles. The SMILES string of the molecule is FC(F)(F)c1ccc(N2CCC(C(c3cccnc3)N3CC4CNCC4C3)CC2)cn1. The van der Waals surface area contributed by atoms with Gasteiger partial charge in [0.05, 0.1) is 11.9 Å². The molecule has 3 atom stereocenters. The van der Waals surface area contributed by atoms with Crippen molar-refractivity contribution < 1.29 is 13.2 Å². The van der Waals surface area contributed by atoms with Crippen molar-refractivity contribution in [3.63, 3.8) is 0 Å². The first-order valence-corrected chi connectivity index (χ1v) is 11.1. The Bertz CT molecular complexity index is 853. The van der Waals surface area contributed by atoms with E-state index in [1.807, 2.05) is 18.5 Å². The van der Waals surface area contributed by atoms with Crippen LogP contribution in [-0.2, 0) is 6.18 Å². The summed E-state index contributed by atoms with van der Waals surface area (Å²) in [6.07, 6.45) is 2.80. The second-order valence-electron chi connectivity index (χ2n) is 9.09. The second-order valence-corrected chi connectivity index (χ2v) is 9.09. The minimum atomic E-state index is -4.40. The Labute approximate surface area is 180 Å². The quantitative estimate of drug-likeness (QED) is 0.802. The predicted octanol–water partition coefficient (Wildman–Crippen LogP) is 3.60. The van der Waals surface area contributed by atoms with Gasteiger partial charge in [0, 0.05) is 44.6 Å². The largest absolute Gasteiger partial charge is 0.433 e. The maximum absolute atomic E-state index is 12.8. The lowest BCUT2D eigenvalue weighted by Crippen LogP contribution is -2.41. The van der Waals surface area contributed by atoms with Crippen molar-refractivity contribution in [1.29, 1.82) is 0 Å². The van der Waals surface area contributed by atoms with E-state index in [2.05, 4.69) is 31.2 Å². The third-order valence-corrected chi connectivity index (χ3v) is 7.23. The molecule has 0 spiro atoms. The Morgan fingerprint density at radius 3 is 2.32 bits per heavy atom. The highest BCUT2D eigenvalue weighted by Gasteiger charge is 2.42. The average Bonchev–Trinajstić information content (AvgIpc) is 3.37. The Balaban J connectivity index is 1.29. The van der Waals surface area contributed by atoms with Crippen molar-refractivity contribution in [1.82, 2.24) is 20.2 Å². The van der Waals surface area contributed by atoms with E-state index in [-0.39, 0.29) is 0 Å². The molecule has 0 saturated carbocycles. The number of aromatic nitrogens is 2. The summed E-state index contributed by atoms with van der Waals surface area (Å²) in [6.45, 7) is 6.13. The van der Waals surface area contributed by atoms with Crippen LogP contribution in [0.25, 0.3) is 0 Å². The molecule has 3 fully saturated rings. The molecule has 0 aliphatic carbocycles.